The fourth-order valence-electron chi connectivity index (χ4n) is 1.50. The number of benzene rings is 1. The molecule has 0 spiro atoms. The van der Waals surface area contributed by atoms with Crippen LogP contribution in [0.25, 0.3) is 0 Å². The van der Waals surface area contributed by atoms with Gasteiger partial charge in [-0.1, -0.05) is 6.07 Å². The Labute approximate surface area is 114 Å². The highest BCUT2D eigenvalue weighted by Gasteiger charge is 2.22. The van der Waals surface area contributed by atoms with E-state index in [1.165, 1.54) is 12.1 Å². The van der Waals surface area contributed by atoms with Crippen LogP contribution in [0.5, 0.6) is 0 Å². The lowest BCUT2D eigenvalue weighted by molar-refractivity contribution is -0.137. The lowest BCUT2D eigenvalue weighted by Gasteiger charge is -2.11. The Morgan fingerprint density at radius 1 is 1.42 bits per heavy atom. The molecule has 0 aliphatic rings. The van der Waals surface area contributed by atoms with E-state index in [4.69, 9.17) is 21.5 Å². The summed E-state index contributed by atoms with van der Waals surface area (Å²) in [5, 5.41) is 8.58. The van der Waals surface area contributed by atoms with Crippen molar-refractivity contribution in [2.45, 2.75) is 24.3 Å². The zero-order chi connectivity index (χ0) is 14.8. The maximum Gasteiger partial charge on any atom is 0.305 e. The summed E-state index contributed by atoms with van der Waals surface area (Å²) in [7, 11) is 1.23. The predicted octanol–water partition coefficient (Wildman–Crippen LogP) is 0.907. The highest BCUT2D eigenvalue weighted by Crippen LogP contribution is 2.20. The maximum atomic E-state index is 12.0. The van der Waals surface area contributed by atoms with Crippen LogP contribution in [0, 0.1) is 6.92 Å². The van der Waals surface area contributed by atoms with Gasteiger partial charge >= 0.3 is 5.97 Å². The first-order chi connectivity index (χ1) is 8.62. The predicted molar refractivity (Wildman–Crippen MR) is 68.8 cm³/mol. The van der Waals surface area contributed by atoms with Crippen molar-refractivity contribution < 1.29 is 23.1 Å². The highest BCUT2D eigenvalue weighted by molar-refractivity contribution is 8.13. The summed E-state index contributed by atoms with van der Waals surface area (Å²) in [4.78, 5) is 22.2. The lowest BCUT2D eigenvalue weighted by Crippen LogP contribution is -2.33. The molecule has 0 radical (unpaired) electrons. The highest BCUT2D eigenvalue weighted by atomic mass is 35.7. The Morgan fingerprint density at radius 2 is 2.00 bits per heavy atom. The van der Waals surface area contributed by atoms with Crippen LogP contribution in [0.1, 0.15) is 22.3 Å². The topological polar surface area (TPSA) is 115 Å². The van der Waals surface area contributed by atoms with Crippen LogP contribution in [0.4, 0.5) is 0 Å². The molecule has 0 saturated carbocycles. The van der Waals surface area contributed by atoms with Gasteiger partial charge in [0.05, 0.1) is 17.4 Å². The van der Waals surface area contributed by atoms with Gasteiger partial charge in [-0.15, -0.1) is 0 Å². The second-order valence-electron chi connectivity index (χ2n) is 3.98. The van der Waals surface area contributed by atoms with Crippen LogP contribution < -0.4 is 5.73 Å². The minimum Gasteiger partial charge on any atom is -0.481 e. The van der Waals surface area contributed by atoms with Crippen molar-refractivity contribution in [2.24, 2.45) is 5.73 Å². The number of hydrogen-bond acceptors (Lipinski definition) is 5. The second-order valence-corrected chi connectivity index (χ2v) is 6.55. The minimum absolute atomic E-state index is 0.0514. The van der Waals surface area contributed by atoms with E-state index in [9.17, 15) is 18.0 Å². The fraction of sp³-hybridized carbons (Fsp3) is 0.273. The summed E-state index contributed by atoms with van der Waals surface area (Å²) >= 11 is 0. The molecule has 0 fully saturated rings. The number of aryl methyl sites for hydroxylation is 1. The van der Waals surface area contributed by atoms with Crippen LogP contribution in [-0.2, 0) is 13.8 Å². The van der Waals surface area contributed by atoms with Gasteiger partial charge < -0.3 is 10.8 Å². The van der Waals surface area contributed by atoms with Gasteiger partial charge in [-0.25, -0.2) is 8.42 Å². The third-order valence-electron chi connectivity index (χ3n) is 2.49. The van der Waals surface area contributed by atoms with E-state index in [2.05, 4.69) is 0 Å². The number of carbonyl (C=O) groups excluding carboxylic acids is 1. The summed E-state index contributed by atoms with van der Waals surface area (Å²) in [6.07, 6.45) is -0.532. The van der Waals surface area contributed by atoms with Gasteiger partial charge in [0, 0.05) is 16.2 Å². The molecule has 1 aromatic carbocycles. The Bertz CT molecular complexity index is 626. The molecule has 0 amide bonds. The third-order valence-corrected chi connectivity index (χ3v) is 3.84. The van der Waals surface area contributed by atoms with E-state index >= 15 is 0 Å². The van der Waals surface area contributed by atoms with Gasteiger partial charge in [-0.2, -0.15) is 0 Å². The number of carboxylic acid groups (broad SMARTS) is 1. The Morgan fingerprint density at radius 3 is 2.47 bits per heavy atom. The molecular formula is C11H12ClNO5S. The van der Waals surface area contributed by atoms with E-state index < -0.39 is 33.3 Å². The van der Waals surface area contributed by atoms with E-state index in [0.29, 0.717) is 5.56 Å². The number of carboxylic acids is 1. The Balaban J connectivity index is 3.20. The van der Waals surface area contributed by atoms with Crippen molar-refractivity contribution in [1.82, 2.24) is 0 Å². The summed E-state index contributed by atoms with van der Waals surface area (Å²) in [5.41, 5.74) is 6.01. The summed E-state index contributed by atoms with van der Waals surface area (Å²) in [5.74, 6) is -1.85. The molecule has 3 N–H and O–H groups in total. The normalized spacial score (nSPS) is 13.0. The Kier molecular flexibility index (Phi) is 4.67. The number of hydrogen-bond donors (Lipinski definition) is 2. The maximum absolute atomic E-state index is 12.0. The average Bonchev–Trinajstić information content (AvgIpc) is 2.26. The van der Waals surface area contributed by atoms with E-state index in [-0.39, 0.29) is 10.5 Å². The molecule has 0 heterocycles. The number of rotatable bonds is 5. The molecule has 1 rings (SSSR count). The van der Waals surface area contributed by atoms with E-state index in [1.54, 1.807) is 6.92 Å². The molecule has 0 aliphatic carbocycles. The van der Waals surface area contributed by atoms with Gasteiger partial charge in [0.15, 0.2) is 5.78 Å². The second kappa shape index (κ2) is 5.68. The van der Waals surface area contributed by atoms with Crippen LogP contribution in [0.2, 0.25) is 0 Å². The van der Waals surface area contributed by atoms with Gasteiger partial charge in [0.2, 0.25) is 0 Å². The van der Waals surface area contributed by atoms with Gasteiger partial charge in [-0.3, -0.25) is 9.59 Å². The SMILES string of the molecule is Cc1ccc(S(=O)(=O)Cl)cc1C(=O)[C@@H](N)CC(=O)O. The number of halogens is 1. The molecule has 1 atom stereocenters. The van der Waals surface area contributed by atoms with Gasteiger partial charge in [-0.05, 0) is 24.6 Å². The van der Waals surface area contributed by atoms with E-state index in [1.807, 2.05) is 0 Å². The molecular weight excluding hydrogens is 294 g/mol. The summed E-state index contributed by atoms with van der Waals surface area (Å²) in [6, 6.07) is 2.54. The zero-order valence-corrected chi connectivity index (χ0v) is 11.5. The number of Topliss-reactive ketones (excluding diaryl/α,β-unsaturated/α-hetero) is 1. The number of nitrogens with two attached hydrogens (primary N) is 1. The molecule has 19 heavy (non-hydrogen) atoms. The number of carbonyl (C=O) groups is 2. The summed E-state index contributed by atoms with van der Waals surface area (Å²) < 4.78 is 22.4. The average molecular weight is 306 g/mol. The van der Waals surface area contributed by atoms with Crippen LogP contribution in [0.3, 0.4) is 0 Å². The molecule has 0 saturated heterocycles. The van der Waals surface area contributed by atoms with Crippen molar-refractivity contribution in [3.8, 4) is 0 Å². The van der Waals surface area contributed by atoms with Crippen molar-refractivity contribution in [3.05, 3.63) is 29.3 Å². The van der Waals surface area contributed by atoms with E-state index in [0.717, 1.165) is 6.07 Å². The first-order valence-corrected chi connectivity index (χ1v) is 7.50. The van der Waals surface area contributed by atoms with Crippen LogP contribution >= 0.6 is 10.7 Å². The fourth-order valence-corrected chi connectivity index (χ4v) is 2.28. The molecule has 1 aromatic rings. The van der Waals surface area contributed by atoms with Gasteiger partial charge in [0.1, 0.15) is 0 Å². The monoisotopic (exact) mass is 305 g/mol. The molecule has 104 valence electrons. The molecule has 0 aromatic heterocycles. The molecule has 6 nitrogen and oxygen atoms in total. The van der Waals surface area contributed by atoms with Crippen molar-refractivity contribution >= 4 is 31.5 Å². The standard InChI is InChI=1S/C11H12ClNO5S/c1-6-2-3-7(19(12,17)18)4-8(6)11(16)9(13)5-10(14)15/h2-4,9H,5,13H2,1H3,(H,14,15)/t9-/m0/s1. The molecule has 0 aliphatic heterocycles. The van der Waals surface area contributed by atoms with Crippen LogP contribution in [0.15, 0.2) is 23.1 Å². The number of aliphatic carboxylic acids is 1. The molecule has 0 bridgehead atoms. The minimum atomic E-state index is -3.96. The quantitative estimate of drug-likeness (QED) is 0.617. The van der Waals surface area contributed by atoms with Crippen LogP contribution in [-0.4, -0.2) is 31.3 Å². The van der Waals surface area contributed by atoms with Crippen molar-refractivity contribution in [3.63, 3.8) is 0 Å². The number of ketones is 1. The first kappa shape index (κ1) is 15.6. The largest absolute Gasteiger partial charge is 0.481 e. The van der Waals surface area contributed by atoms with Crippen molar-refractivity contribution in [1.29, 1.82) is 0 Å². The smallest absolute Gasteiger partial charge is 0.305 e. The van der Waals surface area contributed by atoms with Gasteiger partial charge in [0.25, 0.3) is 9.05 Å². The third kappa shape index (κ3) is 4.02. The Hall–Kier alpha value is -1.44. The summed E-state index contributed by atoms with van der Waals surface area (Å²) in [6.45, 7) is 1.59. The lowest BCUT2D eigenvalue weighted by atomic mass is 9.98. The van der Waals surface area contributed by atoms with Crippen molar-refractivity contribution in [2.75, 3.05) is 0 Å². The molecule has 8 heteroatoms. The zero-order valence-electron chi connectivity index (χ0n) is 9.96. The molecule has 0 unspecified atom stereocenters. The first-order valence-electron chi connectivity index (χ1n) is 5.20.